The molecule has 8 nitrogen and oxygen atoms in total. The lowest BCUT2D eigenvalue weighted by Gasteiger charge is -2.25. The molecular formula is C20H17BrClF3N4O4S2. The zero-order valence-corrected chi connectivity index (χ0v) is 22.2. The van der Waals surface area contributed by atoms with Gasteiger partial charge >= 0.3 is 18.3 Å². The number of nitrogens with one attached hydrogen (secondary N) is 1. The van der Waals surface area contributed by atoms with Crippen molar-refractivity contribution >= 4 is 80.2 Å². The molecule has 0 saturated heterocycles. The molecule has 4 amide bonds. The summed E-state index contributed by atoms with van der Waals surface area (Å²) >= 11 is 10.5. The summed E-state index contributed by atoms with van der Waals surface area (Å²) in [6, 6.07) is 7.67. The maximum absolute atomic E-state index is 13.2. The standard InChI is InChI=1S/C20H17BrClF3N4O4S2/c1-11(34-3)27-33-19(32)28(2)35-29(12-8-9-14(15(21)10-12)20(23,24)25)18(31)26-17(30)13-6-4-5-7-16(13)22/h4-10H,1-3H3,(H,26,30,31)/b27-11+. The maximum atomic E-state index is 13.2. The molecule has 0 spiro atoms. The van der Waals surface area contributed by atoms with Gasteiger partial charge in [-0.05, 0) is 43.5 Å². The van der Waals surface area contributed by atoms with Crippen molar-refractivity contribution in [3.63, 3.8) is 0 Å². The van der Waals surface area contributed by atoms with E-state index in [2.05, 4.69) is 26.4 Å². The zero-order valence-electron chi connectivity index (χ0n) is 18.2. The Morgan fingerprint density at radius 1 is 1.17 bits per heavy atom. The molecule has 0 aliphatic carbocycles. The van der Waals surface area contributed by atoms with Crippen molar-refractivity contribution in [3.8, 4) is 0 Å². The minimum atomic E-state index is -4.65. The lowest BCUT2D eigenvalue weighted by Crippen LogP contribution is -2.42. The molecular weight excluding hydrogens is 597 g/mol. The minimum Gasteiger partial charge on any atom is -0.296 e. The van der Waals surface area contributed by atoms with Crippen molar-refractivity contribution in [2.75, 3.05) is 17.6 Å². The topological polar surface area (TPSA) is 91.3 Å². The molecule has 2 aromatic carbocycles. The summed E-state index contributed by atoms with van der Waals surface area (Å²) < 4.78 is 40.8. The number of urea groups is 1. The van der Waals surface area contributed by atoms with Gasteiger partial charge in [-0.25, -0.2) is 18.2 Å². The highest BCUT2D eigenvalue weighted by atomic mass is 79.9. The smallest absolute Gasteiger partial charge is 0.296 e. The molecule has 35 heavy (non-hydrogen) atoms. The fourth-order valence-corrected chi connectivity index (χ4v) is 3.87. The van der Waals surface area contributed by atoms with Gasteiger partial charge in [0.25, 0.3) is 5.91 Å². The number of carbonyl (C=O) groups excluding carboxylic acids is 3. The number of anilines is 1. The van der Waals surface area contributed by atoms with E-state index in [1.54, 1.807) is 19.2 Å². The van der Waals surface area contributed by atoms with Gasteiger partial charge in [-0.2, -0.15) is 13.2 Å². The molecule has 0 saturated carbocycles. The van der Waals surface area contributed by atoms with Crippen LogP contribution >= 0.6 is 51.4 Å². The molecule has 0 aliphatic heterocycles. The highest BCUT2D eigenvalue weighted by Crippen LogP contribution is 2.38. The number of thioether (sulfide) groups is 1. The average molecular weight is 614 g/mol. The quantitative estimate of drug-likeness (QED) is 0.131. The monoisotopic (exact) mass is 612 g/mol. The third-order valence-corrected chi connectivity index (χ3v) is 6.61. The molecule has 188 valence electrons. The van der Waals surface area contributed by atoms with Crippen molar-refractivity contribution in [1.29, 1.82) is 0 Å². The summed E-state index contributed by atoms with van der Waals surface area (Å²) in [5.74, 6) is -0.859. The molecule has 0 heterocycles. The highest BCUT2D eigenvalue weighted by molar-refractivity contribution is 9.10. The van der Waals surface area contributed by atoms with E-state index < -0.39 is 29.8 Å². The first-order valence-electron chi connectivity index (χ1n) is 9.33. The summed E-state index contributed by atoms with van der Waals surface area (Å²) in [6.07, 6.45) is -3.91. The van der Waals surface area contributed by atoms with Crippen molar-refractivity contribution < 1.29 is 32.4 Å². The molecule has 0 bridgehead atoms. The molecule has 0 radical (unpaired) electrons. The predicted octanol–water partition coefficient (Wildman–Crippen LogP) is 6.81. The Balaban J connectivity index is 2.35. The molecule has 2 aromatic rings. The first-order valence-corrected chi connectivity index (χ1v) is 12.5. The van der Waals surface area contributed by atoms with E-state index in [4.69, 9.17) is 16.4 Å². The maximum Gasteiger partial charge on any atom is 0.447 e. The van der Waals surface area contributed by atoms with E-state index in [1.165, 1.54) is 37.0 Å². The van der Waals surface area contributed by atoms with Gasteiger partial charge in [-0.15, -0.1) is 11.8 Å². The van der Waals surface area contributed by atoms with Crippen LogP contribution in [0.25, 0.3) is 0 Å². The van der Waals surface area contributed by atoms with Crippen LogP contribution in [0, 0.1) is 0 Å². The number of hydrogen-bond acceptors (Lipinski definition) is 7. The van der Waals surface area contributed by atoms with Gasteiger partial charge in [0, 0.05) is 11.5 Å². The van der Waals surface area contributed by atoms with E-state index in [-0.39, 0.29) is 20.7 Å². The molecule has 1 N–H and O–H groups in total. The number of oxime groups is 1. The Hall–Kier alpha value is -2.42. The second-order valence-electron chi connectivity index (χ2n) is 6.45. The van der Waals surface area contributed by atoms with Crippen LogP contribution in [-0.4, -0.2) is 40.7 Å². The Labute approximate surface area is 220 Å². The fraction of sp³-hybridized carbons (Fsp3) is 0.200. The molecule has 0 fully saturated rings. The van der Waals surface area contributed by atoms with Gasteiger partial charge in [-0.3, -0.25) is 14.9 Å². The van der Waals surface area contributed by atoms with E-state index in [1.807, 2.05) is 0 Å². The van der Waals surface area contributed by atoms with E-state index in [9.17, 15) is 27.6 Å². The largest absolute Gasteiger partial charge is 0.447 e. The molecule has 2 rings (SSSR count). The van der Waals surface area contributed by atoms with Crippen LogP contribution in [0.3, 0.4) is 0 Å². The zero-order chi connectivity index (χ0) is 26.3. The Kier molecular flexibility index (Phi) is 10.3. The molecule has 0 unspecified atom stereocenters. The van der Waals surface area contributed by atoms with E-state index in [0.29, 0.717) is 17.2 Å². The molecule has 0 aromatic heterocycles. The first-order chi connectivity index (χ1) is 16.3. The second kappa shape index (κ2) is 12.5. The second-order valence-corrected chi connectivity index (χ2v) is 9.78. The van der Waals surface area contributed by atoms with Crippen LogP contribution < -0.4 is 9.62 Å². The summed E-state index contributed by atoms with van der Waals surface area (Å²) in [7, 11) is 1.24. The predicted molar refractivity (Wildman–Crippen MR) is 134 cm³/mol. The molecule has 0 aliphatic rings. The Morgan fingerprint density at radius 3 is 2.40 bits per heavy atom. The first kappa shape index (κ1) is 28.8. The van der Waals surface area contributed by atoms with Gasteiger partial charge < -0.3 is 0 Å². The summed E-state index contributed by atoms with van der Waals surface area (Å²) in [4.78, 5) is 42.6. The number of amides is 4. The lowest BCUT2D eigenvalue weighted by molar-refractivity contribution is -0.138. The highest BCUT2D eigenvalue weighted by Gasteiger charge is 2.34. The van der Waals surface area contributed by atoms with Gasteiger partial charge in [0.05, 0.1) is 34.0 Å². The van der Waals surface area contributed by atoms with Crippen molar-refractivity contribution in [3.05, 3.63) is 63.1 Å². The normalized spacial score (nSPS) is 11.6. The number of halogens is 5. The number of nitrogens with zero attached hydrogens (tertiary/aromatic N) is 3. The van der Waals surface area contributed by atoms with Gasteiger partial charge in [0.2, 0.25) is 0 Å². The number of hydrogen-bond donors (Lipinski definition) is 1. The SMILES string of the molecule is CS/C(C)=N/OC(=O)N(C)SN(C(=O)NC(=O)c1ccccc1Cl)c1ccc(C(F)(F)F)c(Br)c1. The van der Waals surface area contributed by atoms with Gasteiger partial charge in [0.1, 0.15) is 5.04 Å². The van der Waals surface area contributed by atoms with E-state index >= 15 is 0 Å². The van der Waals surface area contributed by atoms with E-state index in [0.717, 1.165) is 26.8 Å². The van der Waals surface area contributed by atoms with Crippen LogP contribution in [0.5, 0.6) is 0 Å². The minimum absolute atomic E-state index is 0.00397. The van der Waals surface area contributed by atoms with Crippen LogP contribution in [0.2, 0.25) is 5.02 Å². The summed E-state index contributed by atoms with van der Waals surface area (Å²) in [6.45, 7) is 1.60. The average Bonchev–Trinajstić information content (AvgIpc) is 2.79. The van der Waals surface area contributed by atoms with Crippen molar-refractivity contribution in [2.45, 2.75) is 13.1 Å². The molecule has 15 heteroatoms. The van der Waals surface area contributed by atoms with Crippen LogP contribution in [-0.2, 0) is 11.0 Å². The number of benzene rings is 2. The third kappa shape index (κ3) is 8.05. The number of alkyl halides is 3. The van der Waals surface area contributed by atoms with Crippen LogP contribution in [0.4, 0.5) is 28.4 Å². The number of rotatable bonds is 5. The summed E-state index contributed by atoms with van der Waals surface area (Å²) in [5, 5.41) is 6.22. The van der Waals surface area contributed by atoms with Crippen LogP contribution in [0.1, 0.15) is 22.8 Å². The van der Waals surface area contributed by atoms with Crippen molar-refractivity contribution in [2.24, 2.45) is 5.16 Å². The third-order valence-electron chi connectivity index (χ3n) is 4.02. The van der Waals surface area contributed by atoms with Crippen LogP contribution in [0.15, 0.2) is 52.1 Å². The van der Waals surface area contributed by atoms with Gasteiger partial charge in [0.15, 0.2) is 0 Å². The fourth-order valence-electron chi connectivity index (χ4n) is 2.28. The van der Waals surface area contributed by atoms with Gasteiger partial charge in [-0.1, -0.05) is 44.8 Å². The Morgan fingerprint density at radius 2 is 1.83 bits per heavy atom. The lowest BCUT2D eigenvalue weighted by atomic mass is 10.2. The number of imide groups is 1. The Bertz CT molecular complexity index is 1150. The van der Waals surface area contributed by atoms with Crippen molar-refractivity contribution in [1.82, 2.24) is 9.62 Å². The number of carbonyl (C=O) groups is 3. The molecule has 0 atom stereocenters. The summed E-state index contributed by atoms with van der Waals surface area (Å²) in [5.41, 5.74) is -1.06.